The van der Waals surface area contributed by atoms with E-state index in [4.69, 9.17) is 19.3 Å². The molecule has 126 valence electrons. The summed E-state index contributed by atoms with van der Waals surface area (Å²) in [7, 11) is 1.33. The molecule has 1 fully saturated rings. The number of rotatable bonds is 5. The third kappa shape index (κ3) is 3.42. The second-order valence-corrected chi connectivity index (χ2v) is 4.88. The third-order valence-electron chi connectivity index (χ3n) is 3.38. The van der Waals surface area contributed by atoms with Gasteiger partial charge in [0, 0.05) is 5.56 Å². The summed E-state index contributed by atoms with van der Waals surface area (Å²) in [4.78, 5) is 21.8. The number of carbonyl (C=O) groups excluding carboxylic acids is 1. The normalized spacial score (nSPS) is 30.5. The van der Waals surface area contributed by atoms with Crippen molar-refractivity contribution in [3.63, 3.8) is 0 Å². The average molecular weight is 328 g/mol. The second-order valence-electron chi connectivity index (χ2n) is 4.88. The first-order chi connectivity index (χ1) is 10.9. The fourth-order valence-electron chi connectivity index (χ4n) is 2.13. The van der Waals surface area contributed by atoms with Crippen molar-refractivity contribution in [2.24, 2.45) is 0 Å². The van der Waals surface area contributed by atoms with Crippen molar-refractivity contribution < 1.29 is 44.2 Å². The molecule has 23 heavy (non-hydrogen) atoms. The lowest BCUT2D eigenvalue weighted by molar-refractivity contribution is -0.271. The molecule has 9 nitrogen and oxygen atoms in total. The Morgan fingerprint density at radius 3 is 2.43 bits per heavy atom. The van der Waals surface area contributed by atoms with Gasteiger partial charge in [0.1, 0.15) is 24.6 Å². The molecule has 0 aliphatic carbocycles. The Balaban J connectivity index is 2.24. The maximum absolute atomic E-state index is 11.0. The Morgan fingerprint density at radius 2 is 1.87 bits per heavy atom. The lowest BCUT2D eigenvalue weighted by Gasteiger charge is -2.38. The first-order valence-corrected chi connectivity index (χ1v) is 6.61. The van der Waals surface area contributed by atoms with Crippen LogP contribution in [0.1, 0.15) is 10.4 Å². The summed E-state index contributed by atoms with van der Waals surface area (Å²) in [6, 6.07) is 4.16. The molecule has 1 saturated heterocycles. The number of aldehydes is 1. The number of ether oxygens (including phenoxy) is 3. The van der Waals surface area contributed by atoms with E-state index >= 15 is 0 Å². The van der Waals surface area contributed by atoms with Crippen molar-refractivity contribution in [2.45, 2.75) is 30.7 Å². The van der Waals surface area contributed by atoms with Gasteiger partial charge in [-0.1, -0.05) is 0 Å². The fraction of sp³-hybridized carbons (Fsp3) is 0.429. The van der Waals surface area contributed by atoms with Crippen LogP contribution in [0.5, 0.6) is 11.5 Å². The summed E-state index contributed by atoms with van der Waals surface area (Å²) < 4.78 is 15.4. The molecule has 0 unspecified atom stereocenters. The van der Waals surface area contributed by atoms with Crippen LogP contribution in [-0.4, -0.2) is 70.5 Å². The second kappa shape index (κ2) is 6.92. The number of carboxylic acid groups (broad SMARTS) is 1. The number of carboxylic acids is 1. The predicted molar refractivity (Wildman–Crippen MR) is 73.3 cm³/mol. The van der Waals surface area contributed by atoms with Crippen LogP contribution in [0.15, 0.2) is 18.2 Å². The molecule has 0 amide bonds. The minimum Gasteiger partial charge on any atom is -0.493 e. The largest absolute Gasteiger partial charge is 0.493 e. The van der Waals surface area contributed by atoms with E-state index in [1.165, 1.54) is 25.3 Å². The number of hydrogen-bond acceptors (Lipinski definition) is 8. The van der Waals surface area contributed by atoms with E-state index in [2.05, 4.69) is 0 Å². The molecule has 0 aromatic heterocycles. The molecule has 0 spiro atoms. The van der Waals surface area contributed by atoms with E-state index in [1.807, 2.05) is 0 Å². The van der Waals surface area contributed by atoms with Gasteiger partial charge in [-0.15, -0.1) is 0 Å². The van der Waals surface area contributed by atoms with Crippen LogP contribution in [0, 0.1) is 0 Å². The topological polar surface area (TPSA) is 143 Å². The molecule has 5 atom stereocenters. The molecule has 1 aromatic carbocycles. The standard InChI is InChI=1S/C14H16O9/c1-21-8-4-6(5-15)2-3-7(8)22-14-11(18)9(16)10(17)12(23-14)13(19)20/h2-5,9-12,14,16-18H,1H3,(H,19,20)/t9-,10-,11+,12-,14+/m0/s1. The Bertz CT molecular complexity index is 588. The van der Waals surface area contributed by atoms with Gasteiger partial charge in [0.15, 0.2) is 17.6 Å². The highest BCUT2D eigenvalue weighted by molar-refractivity contribution is 5.76. The summed E-state index contributed by atoms with van der Waals surface area (Å²) >= 11 is 0. The summed E-state index contributed by atoms with van der Waals surface area (Å²) in [5.41, 5.74) is 0.318. The molecule has 1 aromatic rings. The van der Waals surface area contributed by atoms with Crippen LogP contribution < -0.4 is 9.47 Å². The first kappa shape index (κ1) is 17.2. The van der Waals surface area contributed by atoms with Crippen LogP contribution in [0.25, 0.3) is 0 Å². The molecule has 0 bridgehead atoms. The molecule has 1 aliphatic heterocycles. The summed E-state index contributed by atoms with van der Waals surface area (Å²) in [5, 5.41) is 38.2. The number of benzene rings is 1. The van der Waals surface area contributed by atoms with Crippen LogP contribution in [0.3, 0.4) is 0 Å². The van der Waals surface area contributed by atoms with Gasteiger partial charge in [0.25, 0.3) is 0 Å². The van der Waals surface area contributed by atoms with E-state index in [0.717, 1.165) is 0 Å². The zero-order chi connectivity index (χ0) is 17.1. The van der Waals surface area contributed by atoms with Crippen molar-refractivity contribution in [1.82, 2.24) is 0 Å². The minimum atomic E-state index is -1.80. The van der Waals surface area contributed by atoms with Crippen molar-refractivity contribution in [2.75, 3.05) is 7.11 Å². The lowest BCUT2D eigenvalue weighted by Crippen LogP contribution is -2.61. The Kier molecular flexibility index (Phi) is 5.16. The smallest absolute Gasteiger partial charge is 0.335 e. The fourth-order valence-corrected chi connectivity index (χ4v) is 2.13. The number of carbonyl (C=O) groups is 2. The summed E-state index contributed by atoms with van der Waals surface area (Å²) in [6.07, 6.45) is -7.98. The Labute approximate surface area is 130 Å². The summed E-state index contributed by atoms with van der Waals surface area (Å²) in [6.45, 7) is 0. The molecule has 9 heteroatoms. The van der Waals surface area contributed by atoms with Gasteiger partial charge in [-0.2, -0.15) is 0 Å². The van der Waals surface area contributed by atoms with Gasteiger partial charge in [0.05, 0.1) is 7.11 Å². The highest BCUT2D eigenvalue weighted by atomic mass is 16.7. The molecule has 1 aliphatic rings. The van der Waals surface area contributed by atoms with Gasteiger partial charge in [-0.05, 0) is 18.2 Å². The third-order valence-corrected chi connectivity index (χ3v) is 3.38. The van der Waals surface area contributed by atoms with Gasteiger partial charge < -0.3 is 34.6 Å². The zero-order valence-electron chi connectivity index (χ0n) is 12.0. The summed E-state index contributed by atoms with van der Waals surface area (Å²) in [5.74, 6) is -1.30. The van der Waals surface area contributed by atoms with E-state index < -0.39 is 36.7 Å². The molecule has 0 saturated carbocycles. The van der Waals surface area contributed by atoms with Gasteiger partial charge in [-0.3, -0.25) is 4.79 Å². The van der Waals surface area contributed by atoms with Crippen LogP contribution in [0.4, 0.5) is 0 Å². The van der Waals surface area contributed by atoms with Gasteiger partial charge >= 0.3 is 5.97 Å². The van der Waals surface area contributed by atoms with Gasteiger partial charge in [-0.25, -0.2) is 4.79 Å². The van der Waals surface area contributed by atoms with E-state index in [1.54, 1.807) is 0 Å². The monoisotopic (exact) mass is 328 g/mol. The number of aliphatic hydroxyl groups is 3. The maximum atomic E-state index is 11.0. The SMILES string of the molecule is COc1cc(C=O)ccc1O[C@@H]1O[C@H](C(=O)O)[C@@H](O)[C@H](O)[C@H]1O. The number of aliphatic carboxylic acids is 1. The molecule has 4 N–H and O–H groups in total. The minimum absolute atomic E-state index is 0.0647. The molecular weight excluding hydrogens is 312 g/mol. The number of aliphatic hydroxyl groups excluding tert-OH is 3. The van der Waals surface area contributed by atoms with Crippen molar-refractivity contribution in [3.05, 3.63) is 23.8 Å². The Hall–Kier alpha value is -2.20. The van der Waals surface area contributed by atoms with E-state index in [-0.39, 0.29) is 11.5 Å². The molecular formula is C14H16O9. The van der Waals surface area contributed by atoms with Crippen LogP contribution in [-0.2, 0) is 9.53 Å². The zero-order valence-corrected chi connectivity index (χ0v) is 12.0. The Morgan fingerprint density at radius 1 is 1.17 bits per heavy atom. The molecule has 1 heterocycles. The molecule has 2 rings (SSSR count). The van der Waals surface area contributed by atoms with E-state index in [9.17, 15) is 24.9 Å². The van der Waals surface area contributed by atoms with Crippen molar-refractivity contribution >= 4 is 12.3 Å². The van der Waals surface area contributed by atoms with Crippen molar-refractivity contribution in [1.29, 1.82) is 0 Å². The number of hydrogen-bond donors (Lipinski definition) is 4. The maximum Gasteiger partial charge on any atom is 0.335 e. The first-order valence-electron chi connectivity index (χ1n) is 6.61. The quantitative estimate of drug-likeness (QED) is 0.489. The number of methoxy groups -OCH3 is 1. The van der Waals surface area contributed by atoms with Crippen LogP contribution >= 0.6 is 0 Å². The average Bonchev–Trinajstić information content (AvgIpc) is 2.55. The molecule has 0 radical (unpaired) electrons. The van der Waals surface area contributed by atoms with Gasteiger partial charge in [0.2, 0.25) is 6.29 Å². The predicted octanol–water partition coefficient (Wildman–Crippen LogP) is -1.22. The van der Waals surface area contributed by atoms with Crippen molar-refractivity contribution in [3.8, 4) is 11.5 Å². The highest BCUT2D eigenvalue weighted by Gasteiger charge is 2.48. The highest BCUT2D eigenvalue weighted by Crippen LogP contribution is 2.31. The lowest BCUT2D eigenvalue weighted by atomic mass is 9.99. The van der Waals surface area contributed by atoms with E-state index in [0.29, 0.717) is 11.8 Å². The van der Waals surface area contributed by atoms with Crippen LogP contribution in [0.2, 0.25) is 0 Å².